The lowest BCUT2D eigenvalue weighted by Gasteiger charge is -1.99. The van der Waals surface area contributed by atoms with Crippen molar-refractivity contribution >= 4 is 16.7 Å². The van der Waals surface area contributed by atoms with Crippen molar-refractivity contribution < 1.29 is 4.79 Å². The highest BCUT2D eigenvalue weighted by molar-refractivity contribution is 6.09. The van der Waals surface area contributed by atoms with Gasteiger partial charge in [-0.1, -0.05) is 19.4 Å². The third-order valence-corrected chi connectivity index (χ3v) is 2.88. The first kappa shape index (κ1) is 11.4. The van der Waals surface area contributed by atoms with E-state index in [1.807, 2.05) is 12.1 Å². The molecule has 0 unspecified atom stereocenters. The van der Waals surface area contributed by atoms with Gasteiger partial charge in [-0.2, -0.15) is 5.26 Å². The van der Waals surface area contributed by atoms with Crippen LogP contribution in [0.5, 0.6) is 0 Å². The summed E-state index contributed by atoms with van der Waals surface area (Å²) in [4.78, 5) is 15.1. The molecule has 3 nitrogen and oxygen atoms in total. The molecule has 0 spiro atoms. The monoisotopic (exact) mass is 226 g/mol. The Labute approximate surface area is 100 Å². The number of aromatic amines is 1. The summed E-state index contributed by atoms with van der Waals surface area (Å²) in [5, 5.41) is 9.82. The van der Waals surface area contributed by atoms with Crippen LogP contribution in [0.1, 0.15) is 42.1 Å². The second-order valence-corrected chi connectivity index (χ2v) is 4.07. The first-order valence-electron chi connectivity index (χ1n) is 5.81. The molecule has 1 N–H and O–H groups in total. The van der Waals surface area contributed by atoms with E-state index in [4.69, 9.17) is 5.26 Å². The molecule has 0 radical (unpaired) electrons. The van der Waals surface area contributed by atoms with Gasteiger partial charge in [-0.3, -0.25) is 4.79 Å². The van der Waals surface area contributed by atoms with Crippen molar-refractivity contribution in [2.75, 3.05) is 0 Å². The van der Waals surface area contributed by atoms with Gasteiger partial charge in [-0.15, -0.1) is 0 Å². The third kappa shape index (κ3) is 2.07. The summed E-state index contributed by atoms with van der Waals surface area (Å²) >= 11 is 0. The van der Waals surface area contributed by atoms with E-state index in [0.29, 0.717) is 17.5 Å². The summed E-state index contributed by atoms with van der Waals surface area (Å²) in [7, 11) is 0. The molecule has 86 valence electrons. The van der Waals surface area contributed by atoms with Crippen LogP contribution in [0.15, 0.2) is 24.4 Å². The fourth-order valence-electron chi connectivity index (χ4n) is 1.97. The van der Waals surface area contributed by atoms with Crippen molar-refractivity contribution in [2.45, 2.75) is 26.2 Å². The van der Waals surface area contributed by atoms with Crippen LogP contribution in [-0.4, -0.2) is 10.8 Å². The molecule has 0 fully saturated rings. The Bertz CT molecular complexity index is 590. The van der Waals surface area contributed by atoms with Crippen molar-refractivity contribution in [3.8, 4) is 6.07 Å². The number of Topliss-reactive ketones (excluding diaryl/α,β-unsaturated/α-hetero) is 1. The number of hydrogen-bond donors (Lipinski definition) is 1. The Hall–Kier alpha value is -2.08. The highest BCUT2D eigenvalue weighted by Crippen LogP contribution is 2.23. The number of hydrogen-bond acceptors (Lipinski definition) is 2. The van der Waals surface area contributed by atoms with E-state index in [1.165, 1.54) is 0 Å². The first-order chi connectivity index (χ1) is 8.27. The van der Waals surface area contributed by atoms with Gasteiger partial charge in [0.15, 0.2) is 5.78 Å². The Balaban J connectivity index is 2.48. The number of nitrogens with one attached hydrogen (secondary N) is 1. The summed E-state index contributed by atoms with van der Waals surface area (Å²) < 4.78 is 0. The van der Waals surface area contributed by atoms with Crippen molar-refractivity contribution in [3.63, 3.8) is 0 Å². The first-order valence-corrected chi connectivity index (χ1v) is 5.81. The fraction of sp³-hybridized carbons (Fsp3) is 0.286. The van der Waals surface area contributed by atoms with Crippen LogP contribution in [-0.2, 0) is 0 Å². The normalized spacial score (nSPS) is 10.4. The molecule has 1 heterocycles. The highest BCUT2D eigenvalue weighted by Gasteiger charge is 2.14. The third-order valence-electron chi connectivity index (χ3n) is 2.88. The SMILES string of the molecule is CCCCC(=O)c1c[nH]c2cccc(C#N)c12. The van der Waals surface area contributed by atoms with Gasteiger partial charge in [0.2, 0.25) is 0 Å². The molecule has 2 rings (SSSR count). The zero-order valence-corrected chi connectivity index (χ0v) is 9.79. The minimum atomic E-state index is 0.112. The maximum absolute atomic E-state index is 12.0. The molecule has 0 aliphatic carbocycles. The maximum atomic E-state index is 12.0. The van der Waals surface area contributed by atoms with Crippen LogP contribution in [0.25, 0.3) is 10.9 Å². The topological polar surface area (TPSA) is 56.6 Å². The van der Waals surface area contributed by atoms with E-state index in [9.17, 15) is 4.79 Å². The number of carbonyl (C=O) groups is 1. The summed E-state index contributed by atoms with van der Waals surface area (Å²) in [6, 6.07) is 7.58. The van der Waals surface area contributed by atoms with E-state index in [-0.39, 0.29) is 5.78 Å². The smallest absolute Gasteiger partial charge is 0.165 e. The number of fused-ring (bicyclic) bond motifs is 1. The molecule has 2 aromatic rings. The number of carbonyl (C=O) groups excluding carboxylic acids is 1. The summed E-state index contributed by atoms with van der Waals surface area (Å²) in [5.74, 6) is 0.112. The van der Waals surface area contributed by atoms with Gasteiger partial charge in [-0.05, 0) is 18.6 Å². The molecule has 3 heteroatoms. The lowest BCUT2D eigenvalue weighted by Crippen LogP contribution is -1.98. The maximum Gasteiger partial charge on any atom is 0.165 e. The molecule has 0 aliphatic heterocycles. The van der Waals surface area contributed by atoms with Gasteiger partial charge in [0, 0.05) is 29.1 Å². The van der Waals surface area contributed by atoms with Crippen LogP contribution in [0.3, 0.4) is 0 Å². The van der Waals surface area contributed by atoms with E-state index >= 15 is 0 Å². The van der Waals surface area contributed by atoms with Crippen LogP contribution in [0, 0.1) is 11.3 Å². The molecular formula is C14H14N2O. The van der Waals surface area contributed by atoms with Gasteiger partial charge in [0.05, 0.1) is 11.6 Å². The van der Waals surface area contributed by atoms with E-state index < -0.39 is 0 Å². The lowest BCUT2D eigenvalue weighted by molar-refractivity contribution is 0.0981. The summed E-state index contributed by atoms with van der Waals surface area (Å²) in [5.41, 5.74) is 2.05. The van der Waals surface area contributed by atoms with Gasteiger partial charge in [0.1, 0.15) is 0 Å². The van der Waals surface area contributed by atoms with Crippen molar-refractivity contribution in [2.24, 2.45) is 0 Å². The molecule has 1 aromatic heterocycles. The van der Waals surface area contributed by atoms with Gasteiger partial charge >= 0.3 is 0 Å². The molecule has 0 saturated carbocycles. The van der Waals surface area contributed by atoms with E-state index in [2.05, 4.69) is 18.0 Å². The van der Waals surface area contributed by atoms with Crippen LogP contribution in [0.4, 0.5) is 0 Å². The average molecular weight is 226 g/mol. The Morgan fingerprint density at radius 2 is 2.29 bits per heavy atom. The number of ketones is 1. The van der Waals surface area contributed by atoms with Gasteiger partial charge < -0.3 is 4.98 Å². The van der Waals surface area contributed by atoms with Crippen molar-refractivity contribution in [1.82, 2.24) is 4.98 Å². The summed E-state index contributed by atoms with van der Waals surface area (Å²) in [6.45, 7) is 2.06. The molecule has 0 atom stereocenters. The number of rotatable bonds is 4. The minimum Gasteiger partial charge on any atom is -0.360 e. The predicted molar refractivity (Wildman–Crippen MR) is 66.9 cm³/mol. The Morgan fingerprint density at radius 1 is 1.47 bits per heavy atom. The number of nitriles is 1. The molecule has 17 heavy (non-hydrogen) atoms. The van der Waals surface area contributed by atoms with Crippen LogP contribution >= 0.6 is 0 Å². The minimum absolute atomic E-state index is 0.112. The Kier molecular flexibility index (Phi) is 3.24. The number of aromatic nitrogens is 1. The molecule has 0 aliphatic rings. The largest absolute Gasteiger partial charge is 0.360 e. The molecule has 0 amide bonds. The summed E-state index contributed by atoms with van der Waals surface area (Å²) in [6.07, 6.45) is 4.14. The van der Waals surface area contributed by atoms with Crippen LogP contribution < -0.4 is 0 Å². The van der Waals surface area contributed by atoms with E-state index in [0.717, 1.165) is 23.7 Å². The zero-order chi connectivity index (χ0) is 12.3. The second-order valence-electron chi connectivity index (χ2n) is 4.07. The molecule has 0 saturated heterocycles. The second kappa shape index (κ2) is 4.84. The standard InChI is InChI=1S/C14H14N2O/c1-2-3-7-13(17)11-9-16-12-6-4-5-10(8-15)14(11)12/h4-6,9,16H,2-3,7H2,1H3. The quantitative estimate of drug-likeness (QED) is 0.812. The fourth-order valence-corrected chi connectivity index (χ4v) is 1.97. The molecular weight excluding hydrogens is 212 g/mol. The number of nitrogens with zero attached hydrogens (tertiary/aromatic N) is 1. The predicted octanol–water partition coefficient (Wildman–Crippen LogP) is 3.41. The highest BCUT2D eigenvalue weighted by atomic mass is 16.1. The van der Waals surface area contributed by atoms with Crippen molar-refractivity contribution in [3.05, 3.63) is 35.5 Å². The lowest BCUT2D eigenvalue weighted by atomic mass is 10.0. The van der Waals surface area contributed by atoms with Crippen molar-refractivity contribution in [1.29, 1.82) is 5.26 Å². The number of H-pyrrole nitrogens is 1. The number of unbranched alkanes of at least 4 members (excludes halogenated alkanes) is 1. The molecule has 1 aromatic carbocycles. The zero-order valence-electron chi connectivity index (χ0n) is 9.79. The number of benzene rings is 1. The Morgan fingerprint density at radius 3 is 3.00 bits per heavy atom. The van der Waals surface area contributed by atoms with Crippen LogP contribution in [0.2, 0.25) is 0 Å². The average Bonchev–Trinajstić information content (AvgIpc) is 2.79. The molecule has 0 bridgehead atoms. The van der Waals surface area contributed by atoms with Gasteiger partial charge in [-0.25, -0.2) is 0 Å². The van der Waals surface area contributed by atoms with E-state index in [1.54, 1.807) is 12.3 Å². The van der Waals surface area contributed by atoms with Gasteiger partial charge in [0.25, 0.3) is 0 Å².